The summed E-state index contributed by atoms with van der Waals surface area (Å²) in [6, 6.07) is 14.1. The highest BCUT2D eigenvalue weighted by Gasteiger charge is 2.50. The lowest BCUT2D eigenvalue weighted by atomic mass is 9.63. The van der Waals surface area contributed by atoms with E-state index in [0.717, 1.165) is 55.4 Å². The highest BCUT2D eigenvalue weighted by Crippen LogP contribution is 2.51. The number of benzene rings is 2. The second-order valence-electron chi connectivity index (χ2n) is 9.44. The number of hydrogen-bond donors (Lipinski definition) is 1. The van der Waals surface area contributed by atoms with Crippen molar-refractivity contribution >= 4 is 34.1 Å². The monoisotopic (exact) mass is 451 g/mol. The van der Waals surface area contributed by atoms with Gasteiger partial charge in [-0.05, 0) is 98.2 Å². The molecule has 1 saturated carbocycles. The van der Waals surface area contributed by atoms with Crippen LogP contribution >= 0.6 is 11.6 Å². The zero-order chi connectivity index (χ0) is 22.3. The normalized spacial score (nSPS) is 26.0. The number of fused-ring (bicyclic) bond motifs is 1. The summed E-state index contributed by atoms with van der Waals surface area (Å²) in [7, 11) is 2.10. The maximum atomic E-state index is 13.9. The van der Waals surface area contributed by atoms with Crippen LogP contribution in [0.2, 0.25) is 5.02 Å². The SMILES string of the molecule is CN1CC(C(=O)Nc2ccc(Cl)cc2)C2(CCC(c3ccnc4ccc(F)cc34)CC2)C1. The van der Waals surface area contributed by atoms with E-state index in [1.807, 2.05) is 24.4 Å². The summed E-state index contributed by atoms with van der Waals surface area (Å²) in [5.41, 5.74) is 2.78. The molecule has 0 radical (unpaired) electrons. The summed E-state index contributed by atoms with van der Waals surface area (Å²) >= 11 is 5.98. The molecule has 1 spiro atoms. The Morgan fingerprint density at radius 2 is 1.91 bits per heavy atom. The average molecular weight is 452 g/mol. The maximum Gasteiger partial charge on any atom is 0.229 e. The number of nitrogens with one attached hydrogen (secondary N) is 1. The van der Waals surface area contributed by atoms with Crippen LogP contribution in [0.4, 0.5) is 10.1 Å². The standard InChI is InChI=1S/C26H27ClFN3O/c1-31-15-23(25(32)30-20-5-2-18(27)3-6-20)26(16-31)11-8-17(9-12-26)21-10-13-29-24-7-4-19(28)14-22(21)24/h2-7,10,13-14,17,23H,8-9,11-12,15-16H2,1H3,(H,30,32). The van der Waals surface area contributed by atoms with Gasteiger partial charge in [0.2, 0.25) is 5.91 Å². The fourth-order valence-corrected chi connectivity index (χ4v) is 5.97. The van der Waals surface area contributed by atoms with E-state index in [0.29, 0.717) is 10.9 Å². The van der Waals surface area contributed by atoms with Gasteiger partial charge in [0.1, 0.15) is 5.82 Å². The smallest absolute Gasteiger partial charge is 0.229 e. The van der Waals surface area contributed by atoms with Gasteiger partial charge in [-0.1, -0.05) is 11.6 Å². The largest absolute Gasteiger partial charge is 0.326 e. The van der Waals surface area contributed by atoms with Gasteiger partial charge < -0.3 is 10.2 Å². The Morgan fingerprint density at radius 1 is 1.16 bits per heavy atom. The molecule has 0 bridgehead atoms. The molecular weight excluding hydrogens is 425 g/mol. The minimum Gasteiger partial charge on any atom is -0.326 e. The molecule has 2 heterocycles. The lowest BCUT2D eigenvalue weighted by Gasteiger charge is -2.41. The van der Waals surface area contributed by atoms with Gasteiger partial charge in [-0.3, -0.25) is 9.78 Å². The van der Waals surface area contributed by atoms with Crippen molar-refractivity contribution < 1.29 is 9.18 Å². The second kappa shape index (κ2) is 8.45. The number of rotatable bonds is 3. The van der Waals surface area contributed by atoms with Crippen molar-refractivity contribution in [2.75, 3.05) is 25.5 Å². The van der Waals surface area contributed by atoms with Crippen LogP contribution in [0.5, 0.6) is 0 Å². The number of amides is 1. The van der Waals surface area contributed by atoms with Gasteiger partial charge in [0.15, 0.2) is 0 Å². The van der Waals surface area contributed by atoms with Crippen molar-refractivity contribution in [1.82, 2.24) is 9.88 Å². The molecule has 6 heteroatoms. The summed E-state index contributed by atoms with van der Waals surface area (Å²) in [4.78, 5) is 19.9. The topological polar surface area (TPSA) is 45.2 Å². The first-order chi connectivity index (χ1) is 15.4. The number of likely N-dealkylation sites (tertiary alicyclic amines) is 1. The van der Waals surface area contributed by atoms with Crippen LogP contribution in [0.25, 0.3) is 10.9 Å². The molecule has 1 N–H and O–H groups in total. The zero-order valence-corrected chi connectivity index (χ0v) is 18.9. The highest BCUT2D eigenvalue weighted by atomic mass is 35.5. The molecule has 1 atom stereocenters. The highest BCUT2D eigenvalue weighted by molar-refractivity contribution is 6.30. The van der Waals surface area contributed by atoms with Gasteiger partial charge in [0.05, 0.1) is 11.4 Å². The summed E-state index contributed by atoms with van der Waals surface area (Å²) in [5.74, 6) is 0.177. The Labute approximate surface area is 192 Å². The fraction of sp³-hybridized carbons (Fsp3) is 0.385. The van der Waals surface area contributed by atoms with E-state index < -0.39 is 0 Å². The molecule has 3 aromatic rings. The van der Waals surface area contributed by atoms with E-state index in [1.165, 1.54) is 11.6 Å². The quantitative estimate of drug-likeness (QED) is 0.541. The van der Waals surface area contributed by atoms with Crippen LogP contribution in [0.3, 0.4) is 0 Å². The average Bonchev–Trinajstić information content (AvgIpc) is 3.11. The van der Waals surface area contributed by atoms with E-state index in [4.69, 9.17) is 11.6 Å². The van der Waals surface area contributed by atoms with Crippen molar-refractivity contribution in [3.05, 3.63) is 71.1 Å². The predicted octanol–water partition coefficient (Wildman–Crippen LogP) is 5.87. The first-order valence-electron chi connectivity index (χ1n) is 11.2. The fourth-order valence-electron chi connectivity index (χ4n) is 5.85. The summed E-state index contributed by atoms with van der Waals surface area (Å²) in [5, 5.41) is 4.67. The van der Waals surface area contributed by atoms with Gasteiger partial charge in [0, 0.05) is 35.4 Å². The van der Waals surface area contributed by atoms with Gasteiger partial charge in [-0.2, -0.15) is 0 Å². The Morgan fingerprint density at radius 3 is 2.66 bits per heavy atom. The number of anilines is 1. The molecule has 2 aromatic carbocycles. The van der Waals surface area contributed by atoms with Crippen molar-refractivity contribution in [3.63, 3.8) is 0 Å². The molecule has 4 nitrogen and oxygen atoms in total. The second-order valence-corrected chi connectivity index (χ2v) is 9.88. The Kier molecular flexibility index (Phi) is 5.64. The number of pyridine rings is 1. The number of nitrogens with zero attached hydrogens (tertiary/aromatic N) is 2. The van der Waals surface area contributed by atoms with Gasteiger partial charge in [-0.15, -0.1) is 0 Å². The lowest BCUT2D eigenvalue weighted by Crippen LogP contribution is -2.40. The van der Waals surface area contributed by atoms with Crippen LogP contribution < -0.4 is 5.32 Å². The molecule has 1 aliphatic heterocycles. The van der Waals surface area contributed by atoms with Crippen molar-refractivity contribution in [2.24, 2.45) is 11.3 Å². The third kappa shape index (κ3) is 4.00. The van der Waals surface area contributed by atoms with E-state index in [2.05, 4.69) is 22.2 Å². The molecule has 1 unspecified atom stereocenters. The third-order valence-electron chi connectivity index (χ3n) is 7.41. The van der Waals surface area contributed by atoms with Gasteiger partial charge >= 0.3 is 0 Å². The number of halogens is 2. The third-order valence-corrected chi connectivity index (χ3v) is 7.66. The summed E-state index contributed by atoms with van der Waals surface area (Å²) in [6.07, 6.45) is 5.79. The summed E-state index contributed by atoms with van der Waals surface area (Å²) in [6.45, 7) is 1.71. The van der Waals surface area contributed by atoms with Gasteiger partial charge in [0.25, 0.3) is 0 Å². The van der Waals surface area contributed by atoms with E-state index in [1.54, 1.807) is 24.3 Å². The molecule has 32 heavy (non-hydrogen) atoms. The Balaban J connectivity index is 1.34. The molecular formula is C26H27ClFN3O. The molecule has 1 saturated heterocycles. The first kappa shape index (κ1) is 21.4. The van der Waals surface area contributed by atoms with Crippen molar-refractivity contribution in [3.8, 4) is 0 Å². The number of carbonyl (C=O) groups is 1. The number of carbonyl (C=O) groups excluding carboxylic acids is 1. The zero-order valence-electron chi connectivity index (χ0n) is 18.2. The van der Waals surface area contributed by atoms with E-state index in [-0.39, 0.29) is 23.1 Å². The minimum absolute atomic E-state index is 0.0180. The maximum absolute atomic E-state index is 13.9. The van der Waals surface area contributed by atoms with Crippen LogP contribution in [-0.2, 0) is 4.79 Å². The molecule has 2 fully saturated rings. The number of aromatic nitrogens is 1. The lowest BCUT2D eigenvalue weighted by molar-refractivity contribution is -0.123. The Bertz CT molecular complexity index is 1140. The molecule has 166 valence electrons. The van der Waals surface area contributed by atoms with Crippen LogP contribution in [-0.4, -0.2) is 35.9 Å². The first-order valence-corrected chi connectivity index (χ1v) is 11.6. The molecule has 1 aliphatic carbocycles. The van der Waals surface area contributed by atoms with Crippen molar-refractivity contribution in [1.29, 1.82) is 0 Å². The number of hydrogen-bond acceptors (Lipinski definition) is 3. The van der Waals surface area contributed by atoms with E-state index in [9.17, 15) is 9.18 Å². The minimum atomic E-state index is -0.226. The van der Waals surface area contributed by atoms with Crippen LogP contribution in [0, 0.1) is 17.2 Å². The van der Waals surface area contributed by atoms with Crippen LogP contribution in [0.15, 0.2) is 54.7 Å². The van der Waals surface area contributed by atoms with Gasteiger partial charge in [-0.25, -0.2) is 4.39 Å². The summed E-state index contributed by atoms with van der Waals surface area (Å²) < 4.78 is 13.9. The molecule has 5 rings (SSSR count). The Hall–Kier alpha value is -2.50. The molecule has 1 amide bonds. The molecule has 2 aliphatic rings. The van der Waals surface area contributed by atoms with Crippen molar-refractivity contribution in [2.45, 2.75) is 31.6 Å². The van der Waals surface area contributed by atoms with Crippen LogP contribution in [0.1, 0.15) is 37.2 Å². The van der Waals surface area contributed by atoms with E-state index >= 15 is 0 Å². The molecule has 1 aromatic heterocycles. The predicted molar refractivity (Wildman–Crippen MR) is 126 cm³/mol.